The van der Waals surface area contributed by atoms with Crippen LogP contribution in [0, 0.1) is 0 Å². The van der Waals surface area contributed by atoms with Gasteiger partial charge in [-0.25, -0.2) is 4.98 Å². The van der Waals surface area contributed by atoms with Crippen molar-refractivity contribution in [2.24, 2.45) is 0 Å². The van der Waals surface area contributed by atoms with Crippen molar-refractivity contribution in [2.75, 3.05) is 6.61 Å². The summed E-state index contributed by atoms with van der Waals surface area (Å²) in [4.78, 5) is 17.6. The van der Waals surface area contributed by atoms with Crippen molar-refractivity contribution in [3.05, 3.63) is 89.8 Å². The number of ketones is 1. The van der Waals surface area contributed by atoms with Gasteiger partial charge in [0.1, 0.15) is 30.2 Å². The van der Waals surface area contributed by atoms with E-state index in [2.05, 4.69) is 20.6 Å². The van der Waals surface area contributed by atoms with Crippen LogP contribution >= 0.6 is 0 Å². The molecule has 5 aromatic rings. The number of aromatic nitrogens is 6. The lowest BCUT2D eigenvalue weighted by atomic mass is 10.0. The molecule has 192 valence electrons. The van der Waals surface area contributed by atoms with Crippen LogP contribution in [-0.4, -0.2) is 47.7 Å². The van der Waals surface area contributed by atoms with Crippen LogP contribution in [0.5, 0.6) is 11.5 Å². The molecule has 0 aliphatic heterocycles. The molecule has 3 aromatic carbocycles. The van der Waals surface area contributed by atoms with Crippen molar-refractivity contribution in [1.82, 2.24) is 30.2 Å². The number of ether oxygens (including phenoxy) is 2. The number of aromatic hydroxyl groups is 1. The van der Waals surface area contributed by atoms with E-state index in [1.807, 2.05) is 66.9 Å². The largest absolute Gasteiger partial charge is 0.507 e. The number of para-hydroxylation sites is 2. The molecule has 0 amide bonds. The normalized spacial score (nSPS) is 12.3. The molecular formula is C28H26N6O4. The van der Waals surface area contributed by atoms with Crippen molar-refractivity contribution < 1.29 is 19.4 Å². The van der Waals surface area contributed by atoms with Gasteiger partial charge in [-0.3, -0.25) is 9.36 Å². The molecule has 1 unspecified atom stereocenters. The summed E-state index contributed by atoms with van der Waals surface area (Å²) in [6.07, 6.45) is 2.88. The van der Waals surface area contributed by atoms with Crippen LogP contribution in [0.2, 0.25) is 0 Å². The lowest BCUT2D eigenvalue weighted by Gasteiger charge is -2.17. The predicted octanol–water partition coefficient (Wildman–Crippen LogP) is 4.95. The SMILES string of the molecule is CCOC(C)n1c(COc2cccc(/C=C/C(=O)c3cc(-c4nn[nH]n4)ccc3O)c2)nc2ccccc21. The van der Waals surface area contributed by atoms with Crippen molar-refractivity contribution in [3.63, 3.8) is 0 Å². The maximum atomic E-state index is 12.8. The number of H-pyrrole nitrogens is 1. The third-order valence-corrected chi connectivity index (χ3v) is 5.96. The smallest absolute Gasteiger partial charge is 0.204 e. The number of benzene rings is 3. The van der Waals surface area contributed by atoms with E-state index in [9.17, 15) is 9.90 Å². The number of imidazole rings is 1. The summed E-state index contributed by atoms with van der Waals surface area (Å²) >= 11 is 0. The molecule has 0 aliphatic carbocycles. The van der Waals surface area contributed by atoms with E-state index in [0.29, 0.717) is 23.7 Å². The number of hydrogen-bond donors (Lipinski definition) is 2. The molecule has 1 atom stereocenters. The maximum absolute atomic E-state index is 12.8. The zero-order valence-electron chi connectivity index (χ0n) is 20.9. The van der Waals surface area contributed by atoms with Crippen LogP contribution in [0.1, 0.15) is 41.8 Å². The number of tetrazole rings is 1. The number of phenols is 1. The summed E-state index contributed by atoms with van der Waals surface area (Å²) in [5.74, 6) is 1.22. The highest BCUT2D eigenvalue weighted by Crippen LogP contribution is 2.26. The summed E-state index contributed by atoms with van der Waals surface area (Å²) in [5.41, 5.74) is 3.32. The molecule has 0 fully saturated rings. The van der Waals surface area contributed by atoms with Crippen LogP contribution in [0.3, 0.4) is 0 Å². The van der Waals surface area contributed by atoms with Gasteiger partial charge in [-0.15, -0.1) is 10.2 Å². The van der Waals surface area contributed by atoms with E-state index in [1.54, 1.807) is 12.1 Å². The lowest BCUT2D eigenvalue weighted by Crippen LogP contribution is -2.14. The fraction of sp³-hybridized carbons (Fsp3) is 0.179. The van der Waals surface area contributed by atoms with Crippen LogP contribution in [-0.2, 0) is 11.3 Å². The number of fused-ring (bicyclic) bond motifs is 1. The zero-order chi connectivity index (χ0) is 26.5. The van der Waals surface area contributed by atoms with Crippen molar-refractivity contribution >= 4 is 22.9 Å². The predicted molar refractivity (Wildman–Crippen MR) is 141 cm³/mol. The summed E-state index contributed by atoms with van der Waals surface area (Å²) in [6.45, 7) is 4.77. The molecule has 0 saturated carbocycles. The molecule has 2 aromatic heterocycles. The van der Waals surface area contributed by atoms with Gasteiger partial charge in [0.25, 0.3) is 0 Å². The van der Waals surface area contributed by atoms with Gasteiger partial charge in [-0.2, -0.15) is 5.21 Å². The zero-order valence-corrected chi connectivity index (χ0v) is 20.9. The number of phenolic OH excluding ortho intramolecular Hbond substituents is 1. The second kappa shape index (κ2) is 11.1. The maximum Gasteiger partial charge on any atom is 0.204 e. The van der Waals surface area contributed by atoms with Gasteiger partial charge < -0.3 is 14.6 Å². The Labute approximate surface area is 218 Å². The number of nitrogens with one attached hydrogen (secondary N) is 1. The van der Waals surface area contributed by atoms with Gasteiger partial charge in [0, 0.05) is 12.2 Å². The second-order valence-corrected chi connectivity index (χ2v) is 8.47. The van der Waals surface area contributed by atoms with Crippen LogP contribution < -0.4 is 4.74 Å². The monoisotopic (exact) mass is 510 g/mol. The molecule has 2 N–H and O–H groups in total. The molecule has 5 rings (SSSR count). The lowest BCUT2D eigenvalue weighted by molar-refractivity contribution is 0.0238. The standard InChI is InChI=1S/C28H26N6O4/c1-3-37-18(2)34-24-10-5-4-9-23(24)29-27(34)17-38-21-8-6-7-19(15-21)11-13-25(35)22-16-20(12-14-26(22)36)28-30-32-33-31-28/h4-16,18,36H,3,17H2,1-2H3,(H,30,31,32,33)/b13-11+. The van der Waals surface area contributed by atoms with E-state index >= 15 is 0 Å². The number of rotatable bonds is 10. The van der Waals surface area contributed by atoms with Crippen LogP contribution in [0.4, 0.5) is 0 Å². The van der Waals surface area contributed by atoms with Crippen molar-refractivity contribution in [2.45, 2.75) is 26.7 Å². The minimum absolute atomic E-state index is 0.131. The highest BCUT2D eigenvalue weighted by molar-refractivity contribution is 6.09. The molecule has 10 heteroatoms. The van der Waals surface area contributed by atoms with E-state index in [-0.39, 0.29) is 29.9 Å². The average molecular weight is 511 g/mol. The summed E-state index contributed by atoms with van der Waals surface area (Å²) in [5, 5.41) is 23.9. The molecule has 0 radical (unpaired) electrons. The number of aromatic amines is 1. The first-order valence-corrected chi connectivity index (χ1v) is 12.1. The topological polar surface area (TPSA) is 128 Å². The summed E-state index contributed by atoms with van der Waals surface area (Å²) in [7, 11) is 0. The Bertz CT molecular complexity index is 1590. The fourth-order valence-electron chi connectivity index (χ4n) is 4.19. The quantitative estimate of drug-likeness (QED) is 0.199. The van der Waals surface area contributed by atoms with Crippen molar-refractivity contribution in [3.8, 4) is 22.9 Å². The number of carbonyl (C=O) groups excluding carboxylic acids is 1. The van der Waals surface area contributed by atoms with Crippen LogP contribution in [0.15, 0.2) is 72.8 Å². The number of hydrogen-bond acceptors (Lipinski definition) is 8. The van der Waals surface area contributed by atoms with E-state index < -0.39 is 0 Å². The first-order chi connectivity index (χ1) is 18.5. The highest BCUT2D eigenvalue weighted by Gasteiger charge is 2.16. The Kier molecular flexibility index (Phi) is 7.23. The van der Waals surface area contributed by atoms with Crippen molar-refractivity contribution in [1.29, 1.82) is 0 Å². The first kappa shape index (κ1) is 24.8. The van der Waals surface area contributed by atoms with Gasteiger partial charge in [0.05, 0.1) is 16.6 Å². The molecule has 0 spiro atoms. The third-order valence-electron chi connectivity index (χ3n) is 5.96. The Hall–Kier alpha value is -4.83. The average Bonchev–Trinajstić information content (AvgIpc) is 3.59. The Balaban J connectivity index is 1.32. The molecule has 2 heterocycles. The number of allylic oxidation sites excluding steroid dienone is 1. The van der Waals surface area contributed by atoms with E-state index in [1.165, 1.54) is 18.2 Å². The van der Waals surface area contributed by atoms with E-state index in [4.69, 9.17) is 14.5 Å². The fourth-order valence-corrected chi connectivity index (χ4v) is 4.19. The molecule has 38 heavy (non-hydrogen) atoms. The number of carbonyl (C=O) groups is 1. The Morgan fingerprint density at radius 2 is 2.00 bits per heavy atom. The Morgan fingerprint density at radius 1 is 1.13 bits per heavy atom. The van der Waals surface area contributed by atoms with Crippen LogP contribution in [0.25, 0.3) is 28.5 Å². The molecular weight excluding hydrogens is 484 g/mol. The Morgan fingerprint density at radius 3 is 2.82 bits per heavy atom. The number of nitrogens with zero attached hydrogens (tertiary/aromatic N) is 5. The molecule has 0 bridgehead atoms. The van der Waals surface area contributed by atoms with E-state index in [0.717, 1.165) is 22.4 Å². The van der Waals surface area contributed by atoms with Gasteiger partial charge in [0.2, 0.25) is 5.82 Å². The minimum atomic E-state index is -0.363. The first-order valence-electron chi connectivity index (χ1n) is 12.1. The summed E-state index contributed by atoms with van der Waals surface area (Å²) in [6, 6.07) is 19.9. The highest BCUT2D eigenvalue weighted by atomic mass is 16.5. The molecule has 0 aliphatic rings. The minimum Gasteiger partial charge on any atom is -0.507 e. The second-order valence-electron chi connectivity index (χ2n) is 8.47. The third kappa shape index (κ3) is 5.30. The molecule has 10 nitrogen and oxygen atoms in total. The van der Waals surface area contributed by atoms with Gasteiger partial charge in [-0.1, -0.05) is 30.3 Å². The van der Waals surface area contributed by atoms with Gasteiger partial charge in [-0.05, 0) is 73.2 Å². The van der Waals surface area contributed by atoms with Gasteiger partial charge in [0.15, 0.2) is 5.78 Å². The van der Waals surface area contributed by atoms with Gasteiger partial charge >= 0.3 is 0 Å². The molecule has 0 saturated heterocycles. The summed E-state index contributed by atoms with van der Waals surface area (Å²) < 4.78 is 13.9.